The van der Waals surface area contributed by atoms with E-state index in [9.17, 15) is 9.59 Å². The average Bonchev–Trinajstić information content (AvgIpc) is 2.46. The van der Waals surface area contributed by atoms with Gasteiger partial charge in [0.15, 0.2) is 0 Å². The van der Waals surface area contributed by atoms with Crippen LogP contribution in [-0.4, -0.2) is 48.3 Å². The Bertz CT molecular complexity index is 280. The van der Waals surface area contributed by atoms with Crippen LogP contribution in [0.2, 0.25) is 0 Å². The molecule has 0 radical (unpaired) electrons. The molecule has 0 N–H and O–H groups in total. The fourth-order valence-corrected chi connectivity index (χ4v) is 3.04. The van der Waals surface area contributed by atoms with Crippen LogP contribution in [0, 0.1) is 5.92 Å². The Morgan fingerprint density at radius 3 is 2.33 bits per heavy atom. The van der Waals surface area contributed by atoms with Gasteiger partial charge in [0.2, 0.25) is 12.3 Å². The van der Waals surface area contributed by atoms with Crippen molar-refractivity contribution in [2.24, 2.45) is 5.92 Å². The van der Waals surface area contributed by atoms with Crippen molar-refractivity contribution >= 4 is 12.3 Å². The number of piperazine rings is 1. The van der Waals surface area contributed by atoms with E-state index in [-0.39, 0.29) is 5.91 Å². The number of hydrogen-bond donors (Lipinski definition) is 0. The summed E-state index contributed by atoms with van der Waals surface area (Å²) in [5.41, 5.74) is 0. The molecule has 0 spiro atoms. The summed E-state index contributed by atoms with van der Waals surface area (Å²) in [5.74, 6) is 1.06. The third-order valence-electron chi connectivity index (χ3n) is 4.31. The van der Waals surface area contributed by atoms with Crippen molar-refractivity contribution in [2.45, 2.75) is 44.9 Å². The van der Waals surface area contributed by atoms with Gasteiger partial charge in [-0.05, 0) is 12.3 Å². The molecule has 1 saturated carbocycles. The Morgan fingerprint density at radius 2 is 1.72 bits per heavy atom. The molecule has 1 heterocycles. The highest BCUT2D eigenvalue weighted by atomic mass is 16.2. The molecule has 0 aromatic carbocycles. The van der Waals surface area contributed by atoms with Crippen molar-refractivity contribution < 1.29 is 9.59 Å². The van der Waals surface area contributed by atoms with E-state index in [0.717, 1.165) is 18.7 Å². The molecule has 4 nitrogen and oxygen atoms in total. The number of nitrogens with zero attached hydrogens (tertiary/aromatic N) is 2. The predicted octanol–water partition coefficient (Wildman–Crippen LogP) is 1.65. The number of hydrogen-bond acceptors (Lipinski definition) is 2. The molecule has 1 aliphatic heterocycles. The van der Waals surface area contributed by atoms with Crippen LogP contribution >= 0.6 is 0 Å². The fourth-order valence-electron chi connectivity index (χ4n) is 3.04. The molecule has 1 aliphatic carbocycles. The van der Waals surface area contributed by atoms with Gasteiger partial charge in [0.1, 0.15) is 0 Å². The molecular formula is C14H24N2O2. The monoisotopic (exact) mass is 252 g/mol. The van der Waals surface area contributed by atoms with Crippen molar-refractivity contribution in [3.05, 3.63) is 0 Å². The summed E-state index contributed by atoms with van der Waals surface area (Å²) in [5, 5.41) is 0. The van der Waals surface area contributed by atoms with Crippen molar-refractivity contribution in [1.82, 2.24) is 9.80 Å². The van der Waals surface area contributed by atoms with Crippen molar-refractivity contribution in [3.63, 3.8) is 0 Å². The van der Waals surface area contributed by atoms with E-state index in [4.69, 9.17) is 0 Å². The van der Waals surface area contributed by atoms with Gasteiger partial charge in [-0.15, -0.1) is 0 Å². The zero-order valence-corrected chi connectivity index (χ0v) is 11.1. The summed E-state index contributed by atoms with van der Waals surface area (Å²) < 4.78 is 0. The van der Waals surface area contributed by atoms with Gasteiger partial charge in [0.25, 0.3) is 0 Å². The van der Waals surface area contributed by atoms with Crippen LogP contribution in [0.1, 0.15) is 44.9 Å². The minimum atomic E-state index is 0.283. The van der Waals surface area contributed by atoms with Gasteiger partial charge in [-0.3, -0.25) is 9.59 Å². The zero-order chi connectivity index (χ0) is 12.8. The number of amides is 2. The number of carbonyl (C=O) groups is 2. The lowest BCUT2D eigenvalue weighted by molar-refractivity contribution is -0.135. The molecule has 2 fully saturated rings. The van der Waals surface area contributed by atoms with Crippen LogP contribution in [0.4, 0.5) is 0 Å². The second-order valence-corrected chi connectivity index (χ2v) is 5.56. The third kappa shape index (κ3) is 3.72. The molecule has 0 atom stereocenters. The average molecular weight is 252 g/mol. The summed E-state index contributed by atoms with van der Waals surface area (Å²) in [6.45, 7) is 2.81. The first kappa shape index (κ1) is 13.4. The zero-order valence-electron chi connectivity index (χ0n) is 11.1. The molecule has 102 valence electrons. The van der Waals surface area contributed by atoms with Gasteiger partial charge < -0.3 is 9.80 Å². The molecule has 1 saturated heterocycles. The number of rotatable bonds is 4. The van der Waals surface area contributed by atoms with Crippen LogP contribution in [0.5, 0.6) is 0 Å². The maximum atomic E-state index is 12.1. The molecule has 2 amide bonds. The summed E-state index contributed by atoms with van der Waals surface area (Å²) in [4.78, 5) is 26.3. The SMILES string of the molecule is O=CN1CCN(C(=O)CCC2CCCCC2)CC1. The molecule has 0 unspecified atom stereocenters. The molecule has 0 bridgehead atoms. The fraction of sp³-hybridized carbons (Fsp3) is 0.857. The van der Waals surface area contributed by atoms with Gasteiger partial charge in [-0.1, -0.05) is 32.1 Å². The Kier molecular flexibility index (Phi) is 5.02. The second-order valence-electron chi connectivity index (χ2n) is 5.56. The van der Waals surface area contributed by atoms with E-state index < -0.39 is 0 Å². The molecule has 18 heavy (non-hydrogen) atoms. The van der Waals surface area contributed by atoms with E-state index >= 15 is 0 Å². The van der Waals surface area contributed by atoms with Crippen LogP contribution in [-0.2, 0) is 9.59 Å². The molecule has 4 heteroatoms. The van der Waals surface area contributed by atoms with E-state index in [1.165, 1.54) is 32.1 Å². The summed E-state index contributed by atoms with van der Waals surface area (Å²) >= 11 is 0. The van der Waals surface area contributed by atoms with E-state index in [1.54, 1.807) is 4.90 Å². The number of carbonyl (C=O) groups excluding carboxylic acids is 2. The van der Waals surface area contributed by atoms with Gasteiger partial charge in [0, 0.05) is 32.6 Å². The molecule has 0 aromatic heterocycles. The lowest BCUT2D eigenvalue weighted by Crippen LogP contribution is -2.48. The molecular weight excluding hydrogens is 228 g/mol. The molecule has 2 aliphatic rings. The third-order valence-corrected chi connectivity index (χ3v) is 4.31. The van der Waals surface area contributed by atoms with Gasteiger partial charge in [-0.2, -0.15) is 0 Å². The maximum Gasteiger partial charge on any atom is 0.222 e. The van der Waals surface area contributed by atoms with Crippen molar-refractivity contribution in [2.75, 3.05) is 26.2 Å². The minimum Gasteiger partial charge on any atom is -0.342 e. The van der Waals surface area contributed by atoms with E-state index in [2.05, 4.69) is 0 Å². The van der Waals surface area contributed by atoms with E-state index in [1.807, 2.05) is 4.90 Å². The van der Waals surface area contributed by atoms with E-state index in [0.29, 0.717) is 32.6 Å². The Balaban J connectivity index is 1.66. The predicted molar refractivity (Wildman–Crippen MR) is 70.0 cm³/mol. The Hall–Kier alpha value is -1.06. The van der Waals surface area contributed by atoms with Gasteiger partial charge in [-0.25, -0.2) is 0 Å². The topological polar surface area (TPSA) is 40.6 Å². The molecule has 2 rings (SSSR count). The van der Waals surface area contributed by atoms with Gasteiger partial charge in [0.05, 0.1) is 0 Å². The standard InChI is InChI=1S/C14H24N2O2/c17-12-15-8-10-16(11-9-15)14(18)7-6-13-4-2-1-3-5-13/h12-13H,1-11H2. The highest BCUT2D eigenvalue weighted by Gasteiger charge is 2.21. The molecule has 0 aromatic rings. The first-order valence-electron chi connectivity index (χ1n) is 7.26. The van der Waals surface area contributed by atoms with Crippen molar-refractivity contribution in [1.29, 1.82) is 0 Å². The largest absolute Gasteiger partial charge is 0.342 e. The lowest BCUT2D eigenvalue weighted by atomic mass is 9.86. The Labute approximate surface area is 109 Å². The maximum absolute atomic E-state index is 12.1. The van der Waals surface area contributed by atoms with Crippen LogP contribution in [0.25, 0.3) is 0 Å². The quantitative estimate of drug-likeness (QED) is 0.714. The summed E-state index contributed by atoms with van der Waals surface area (Å²) in [6.07, 6.45) is 9.33. The summed E-state index contributed by atoms with van der Waals surface area (Å²) in [6, 6.07) is 0. The normalized spacial score (nSPS) is 22.0. The van der Waals surface area contributed by atoms with Gasteiger partial charge >= 0.3 is 0 Å². The first-order valence-corrected chi connectivity index (χ1v) is 7.26. The highest BCUT2D eigenvalue weighted by molar-refractivity contribution is 5.76. The van der Waals surface area contributed by atoms with Crippen LogP contribution in [0.15, 0.2) is 0 Å². The second kappa shape index (κ2) is 6.76. The van der Waals surface area contributed by atoms with Crippen molar-refractivity contribution in [3.8, 4) is 0 Å². The minimum absolute atomic E-state index is 0.283. The smallest absolute Gasteiger partial charge is 0.222 e. The van der Waals surface area contributed by atoms with Crippen LogP contribution in [0.3, 0.4) is 0 Å². The highest BCUT2D eigenvalue weighted by Crippen LogP contribution is 2.27. The lowest BCUT2D eigenvalue weighted by Gasteiger charge is -2.33. The first-order chi connectivity index (χ1) is 8.79. The van der Waals surface area contributed by atoms with Crippen LogP contribution < -0.4 is 0 Å². The summed E-state index contributed by atoms with van der Waals surface area (Å²) in [7, 11) is 0. The Morgan fingerprint density at radius 1 is 1.06 bits per heavy atom.